The van der Waals surface area contributed by atoms with E-state index in [1.165, 1.54) is 0 Å². The summed E-state index contributed by atoms with van der Waals surface area (Å²) in [5.41, 5.74) is -2.15. The number of hydrogen-bond donors (Lipinski definition) is 1. The Bertz CT molecular complexity index is 256. The van der Waals surface area contributed by atoms with Crippen LogP contribution in [0.15, 0.2) is 0 Å². The number of ether oxygens (including phenoxy) is 1. The maximum Gasteiger partial charge on any atom is 0.341 e. The van der Waals surface area contributed by atoms with Crippen molar-refractivity contribution in [3.8, 4) is 0 Å². The summed E-state index contributed by atoms with van der Waals surface area (Å²) in [6.07, 6.45) is 0.293. The Labute approximate surface area is 87.4 Å². The van der Waals surface area contributed by atoms with Crippen LogP contribution in [0.3, 0.4) is 0 Å². The quantitative estimate of drug-likeness (QED) is 0.730. The first kappa shape index (κ1) is 11.9. The first-order valence-corrected chi connectivity index (χ1v) is 5.08. The van der Waals surface area contributed by atoms with Crippen molar-refractivity contribution in [2.45, 2.75) is 38.3 Å². The molecule has 0 aromatic carbocycles. The standard InChI is InChI=1S/C10H15FO4/c1-2-15-8(12)7-3-5-10(11,6-4-7)9(13)14/h7H,2-6H2,1H3,(H,13,14). The van der Waals surface area contributed by atoms with E-state index in [1.54, 1.807) is 6.92 Å². The van der Waals surface area contributed by atoms with Gasteiger partial charge in [-0.05, 0) is 32.6 Å². The maximum absolute atomic E-state index is 13.6. The van der Waals surface area contributed by atoms with Gasteiger partial charge in [0.05, 0.1) is 12.5 Å². The third kappa shape index (κ3) is 2.67. The molecule has 1 fully saturated rings. The van der Waals surface area contributed by atoms with E-state index in [2.05, 4.69) is 0 Å². The van der Waals surface area contributed by atoms with Crippen LogP contribution >= 0.6 is 0 Å². The first-order valence-electron chi connectivity index (χ1n) is 5.08. The van der Waals surface area contributed by atoms with Crippen LogP contribution in [-0.4, -0.2) is 29.3 Å². The minimum absolute atomic E-state index is 0.105. The zero-order valence-electron chi connectivity index (χ0n) is 8.66. The van der Waals surface area contributed by atoms with Crippen LogP contribution in [0.5, 0.6) is 0 Å². The molecule has 0 bridgehead atoms. The third-order valence-electron chi connectivity index (χ3n) is 2.78. The van der Waals surface area contributed by atoms with Crippen LogP contribution in [0.25, 0.3) is 0 Å². The Morgan fingerprint density at radius 3 is 2.40 bits per heavy atom. The molecule has 0 saturated heterocycles. The van der Waals surface area contributed by atoms with Crippen molar-refractivity contribution in [2.24, 2.45) is 5.92 Å². The number of hydrogen-bond acceptors (Lipinski definition) is 3. The minimum atomic E-state index is -2.15. The summed E-state index contributed by atoms with van der Waals surface area (Å²) < 4.78 is 18.4. The minimum Gasteiger partial charge on any atom is -0.479 e. The molecule has 0 amide bonds. The molecule has 1 rings (SSSR count). The monoisotopic (exact) mass is 218 g/mol. The number of carboxylic acid groups (broad SMARTS) is 1. The van der Waals surface area contributed by atoms with Crippen LogP contribution in [0, 0.1) is 5.92 Å². The summed E-state index contributed by atoms with van der Waals surface area (Å²) in [6.45, 7) is 2.01. The van der Waals surface area contributed by atoms with Gasteiger partial charge in [-0.3, -0.25) is 4.79 Å². The average Bonchev–Trinajstić information content (AvgIpc) is 2.19. The predicted octanol–water partition coefficient (Wildman–Crippen LogP) is 1.53. The lowest BCUT2D eigenvalue weighted by molar-refractivity contribution is -0.159. The lowest BCUT2D eigenvalue weighted by atomic mass is 9.80. The van der Waals surface area contributed by atoms with Gasteiger partial charge in [0.1, 0.15) is 0 Å². The summed E-state index contributed by atoms with van der Waals surface area (Å²) in [5, 5.41) is 8.63. The number of carbonyl (C=O) groups is 2. The molecular formula is C10H15FO4. The highest BCUT2D eigenvalue weighted by Crippen LogP contribution is 2.35. The molecule has 86 valence electrons. The fraction of sp³-hybridized carbons (Fsp3) is 0.800. The second-order valence-electron chi connectivity index (χ2n) is 3.80. The first-order chi connectivity index (χ1) is 6.99. The van der Waals surface area contributed by atoms with Gasteiger partial charge in [-0.25, -0.2) is 9.18 Å². The van der Waals surface area contributed by atoms with E-state index in [9.17, 15) is 14.0 Å². The molecule has 0 unspecified atom stereocenters. The molecule has 0 aliphatic heterocycles. The van der Waals surface area contributed by atoms with Crippen LogP contribution in [-0.2, 0) is 14.3 Å². The van der Waals surface area contributed by atoms with E-state index in [0.717, 1.165) is 0 Å². The summed E-state index contributed by atoms with van der Waals surface area (Å²) in [7, 11) is 0. The van der Waals surface area contributed by atoms with Crippen LogP contribution in [0.1, 0.15) is 32.6 Å². The summed E-state index contributed by atoms with van der Waals surface area (Å²) >= 11 is 0. The zero-order valence-corrected chi connectivity index (χ0v) is 8.66. The van der Waals surface area contributed by atoms with Gasteiger partial charge in [0, 0.05) is 0 Å². The van der Waals surface area contributed by atoms with E-state index in [-0.39, 0.29) is 37.6 Å². The molecule has 1 aliphatic carbocycles. The molecule has 0 aromatic heterocycles. The van der Waals surface area contributed by atoms with Crippen LogP contribution in [0.2, 0.25) is 0 Å². The van der Waals surface area contributed by atoms with Gasteiger partial charge in [-0.2, -0.15) is 0 Å². The van der Waals surface area contributed by atoms with Crippen molar-refractivity contribution >= 4 is 11.9 Å². The van der Waals surface area contributed by atoms with E-state index in [0.29, 0.717) is 6.61 Å². The van der Waals surface area contributed by atoms with Gasteiger partial charge in [0.25, 0.3) is 0 Å². The average molecular weight is 218 g/mol. The van der Waals surface area contributed by atoms with Crippen LogP contribution < -0.4 is 0 Å². The van der Waals surface area contributed by atoms with Crippen molar-refractivity contribution in [1.29, 1.82) is 0 Å². The lowest BCUT2D eigenvalue weighted by Crippen LogP contribution is -2.39. The number of aliphatic carboxylic acids is 1. The summed E-state index contributed by atoms with van der Waals surface area (Å²) in [6, 6.07) is 0. The van der Waals surface area contributed by atoms with Gasteiger partial charge in [-0.1, -0.05) is 0 Å². The van der Waals surface area contributed by atoms with Crippen molar-refractivity contribution in [2.75, 3.05) is 6.61 Å². The topological polar surface area (TPSA) is 63.6 Å². The number of halogens is 1. The Hall–Kier alpha value is -1.13. The zero-order chi connectivity index (χ0) is 11.5. The highest BCUT2D eigenvalue weighted by molar-refractivity contribution is 5.78. The number of carboxylic acids is 1. The Balaban J connectivity index is 2.49. The molecule has 5 heteroatoms. The molecule has 0 heterocycles. The van der Waals surface area contributed by atoms with E-state index >= 15 is 0 Å². The molecule has 0 atom stereocenters. The van der Waals surface area contributed by atoms with Crippen LogP contribution in [0.4, 0.5) is 4.39 Å². The number of carbonyl (C=O) groups excluding carboxylic acids is 1. The number of alkyl halides is 1. The number of esters is 1. The fourth-order valence-electron chi connectivity index (χ4n) is 1.79. The van der Waals surface area contributed by atoms with Gasteiger partial charge in [0.15, 0.2) is 0 Å². The predicted molar refractivity (Wildman–Crippen MR) is 50.1 cm³/mol. The van der Waals surface area contributed by atoms with Crippen molar-refractivity contribution in [3.05, 3.63) is 0 Å². The van der Waals surface area contributed by atoms with E-state index in [4.69, 9.17) is 9.84 Å². The second kappa shape index (κ2) is 4.59. The van der Waals surface area contributed by atoms with E-state index in [1.807, 2.05) is 0 Å². The number of rotatable bonds is 3. The molecule has 4 nitrogen and oxygen atoms in total. The lowest BCUT2D eigenvalue weighted by Gasteiger charge is -2.29. The van der Waals surface area contributed by atoms with Gasteiger partial charge in [-0.15, -0.1) is 0 Å². The Kier molecular flexibility index (Phi) is 3.66. The molecule has 0 aromatic rings. The normalized spacial score (nSPS) is 30.9. The Morgan fingerprint density at radius 1 is 1.47 bits per heavy atom. The molecule has 1 saturated carbocycles. The van der Waals surface area contributed by atoms with Gasteiger partial charge >= 0.3 is 11.9 Å². The molecule has 0 radical (unpaired) electrons. The highest BCUT2D eigenvalue weighted by atomic mass is 19.1. The molecular weight excluding hydrogens is 203 g/mol. The molecule has 1 N–H and O–H groups in total. The third-order valence-corrected chi connectivity index (χ3v) is 2.78. The largest absolute Gasteiger partial charge is 0.479 e. The molecule has 1 aliphatic rings. The van der Waals surface area contributed by atoms with Crippen molar-refractivity contribution in [1.82, 2.24) is 0 Å². The van der Waals surface area contributed by atoms with Gasteiger partial charge < -0.3 is 9.84 Å². The maximum atomic E-state index is 13.6. The van der Waals surface area contributed by atoms with Crippen molar-refractivity contribution in [3.63, 3.8) is 0 Å². The van der Waals surface area contributed by atoms with Gasteiger partial charge in [0.2, 0.25) is 5.67 Å². The summed E-state index contributed by atoms with van der Waals surface area (Å²) in [4.78, 5) is 21.9. The van der Waals surface area contributed by atoms with Crippen molar-refractivity contribution < 1.29 is 23.8 Å². The molecule has 15 heavy (non-hydrogen) atoms. The fourth-order valence-corrected chi connectivity index (χ4v) is 1.79. The Morgan fingerprint density at radius 2 is 2.00 bits per heavy atom. The van der Waals surface area contributed by atoms with E-state index < -0.39 is 11.6 Å². The highest BCUT2D eigenvalue weighted by Gasteiger charge is 2.44. The molecule has 0 spiro atoms. The summed E-state index contributed by atoms with van der Waals surface area (Å²) in [5.74, 6) is -2.11. The SMILES string of the molecule is CCOC(=O)C1CCC(F)(C(=O)O)CC1. The second-order valence-corrected chi connectivity index (χ2v) is 3.80. The smallest absolute Gasteiger partial charge is 0.341 e.